The van der Waals surface area contributed by atoms with Gasteiger partial charge in [-0.05, 0) is 50.5 Å². The lowest BCUT2D eigenvalue weighted by molar-refractivity contribution is 0.0844. The molecule has 124 valence electrons. The van der Waals surface area contributed by atoms with Crippen molar-refractivity contribution in [3.63, 3.8) is 0 Å². The molecule has 1 aliphatic heterocycles. The molecule has 3 atom stereocenters. The topological polar surface area (TPSA) is 61.5 Å². The molecule has 0 bridgehead atoms. The van der Waals surface area contributed by atoms with Gasteiger partial charge >= 0.3 is 0 Å². The molecule has 2 rings (SSSR count). The molecule has 0 aromatic carbocycles. The van der Waals surface area contributed by atoms with E-state index in [1.54, 1.807) is 0 Å². The van der Waals surface area contributed by atoms with Crippen LogP contribution in [0, 0.1) is 11.8 Å². The molecule has 0 spiro atoms. The molecule has 0 amide bonds. The van der Waals surface area contributed by atoms with Crippen molar-refractivity contribution >= 4 is 0 Å². The van der Waals surface area contributed by atoms with Crippen LogP contribution in [-0.2, 0) is 0 Å². The van der Waals surface area contributed by atoms with E-state index in [-0.39, 0.29) is 6.10 Å². The Labute approximate surface area is 130 Å². The zero-order valence-electron chi connectivity index (χ0n) is 13.8. The van der Waals surface area contributed by atoms with E-state index >= 15 is 0 Å². The molecule has 0 aromatic rings. The van der Waals surface area contributed by atoms with Crippen molar-refractivity contribution in [3.8, 4) is 0 Å². The first-order chi connectivity index (χ1) is 10.2. The molecule has 1 aliphatic carbocycles. The van der Waals surface area contributed by atoms with Gasteiger partial charge < -0.3 is 21.1 Å². The molecule has 4 heteroatoms. The summed E-state index contributed by atoms with van der Waals surface area (Å²) in [6.07, 6.45) is 8.54. The normalized spacial score (nSPS) is 29.9. The van der Waals surface area contributed by atoms with Crippen molar-refractivity contribution in [1.29, 1.82) is 0 Å². The molecule has 0 aromatic heterocycles. The summed E-state index contributed by atoms with van der Waals surface area (Å²) >= 11 is 0. The molecular formula is C17H35N3O. The van der Waals surface area contributed by atoms with E-state index in [2.05, 4.69) is 17.1 Å². The van der Waals surface area contributed by atoms with Crippen LogP contribution in [0.15, 0.2) is 0 Å². The molecule has 3 unspecified atom stereocenters. The third-order valence-corrected chi connectivity index (χ3v) is 5.30. The van der Waals surface area contributed by atoms with Crippen LogP contribution in [0.25, 0.3) is 0 Å². The van der Waals surface area contributed by atoms with E-state index in [9.17, 15) is 5.11 Å². The average molecular weight is 297 g/mol. The molecule has 1 saturated heterocycles. The minimum atomic E-state index is -0.136. The lowest BCUT2D eigenvalue weighted by atomic mass is 9.88. The van der Waals surface area contributed by atoms with Crippen LogP contribution >= 0.6 is 0 Å². The number of hydrogen-bond acceptors (Lipinski definition) is 4. The van der Waals surface area contributed by atoms with E-state index in [0.29, 0.717) is 12.0 Å². The number of nitrogens with zero attached hydrogens (tertiary/aromatic N) is 1. The van der Waals surface area contributed by atoms with Gasteiger partial charge in [0.2, 0.25) is 0 Å². The minimum Gasteiger partial charge on any atom is -0.393 e. The number of nitrogens with two attached hydrogens (primary N) is 1. The van der Waals surface area contributed by atoms with Crippen LogP contribution < -0.4 is 11.1 Å². The van der Waals surface area contributed by atoms with Crippen LogP contribution in [0.2, 0.25) is 0 Å². The Morgan fingerprint density at radius 2 is 2.00 bits per heavy atom. The van der Waals surface area contributed by atoms with E-state index in [0.717, 1.165) is 44.9 Å². The van der Waals surface area contributed by atoms with Gasteiger partial charge in [-0.15, -0.1) is 0 Å². The Kier molecular flexibility index (Phi) is 7.44. The number of aliphatic hydroxyl groups excluding tert-OH is 1. The fourth-order valence-electron chi connectivity index (χ4n) is 4.09. The maximum Gasteiger partial charge on any atom is 0.0540 e. The van der Waals surface area contributed by atoms with Crippen LogP contribution in [-0.4, -0.2) is 54.9 Å². The van der Waals surface area contributed by atoms with Crippen molar-refractivity contribution in [2.24, 2.45) is 17.6 Å². The molecule has 0 radical (unpaired) electrons. The van der Waals surface area contributed by atoms with Gasteiger partial charge in [0, 0.05) is 32.2 Å². The Morgan fingerprint density at radius 1 is 1.24 bits per heavy atom. The maximum absolute atomic E-state index is 9.95. The summed E-state index contributed by atoms with van der Waals surface area (Å²) in [7, 11) is 0. The standard InChI is InChI=1S/C17H35N3O/c1-2-17(21)10-15-9-16(13-20(12-15)8-7-18)19-11-14-5-3-4-6-14/h14-17,19,21H,2-13,18H2,1H3. The molecule has 1 saturated carbocycles. The lowest BCUT2D eigenvalue weighted by Crippen LogP contribution is -2.51. The van der Waals surface area contributed by atoms with Crippen molar-refractivity contribution < 1.29 is 5.11 Å². The Bertz CT molecular complexity index is 281. The van der Waals surface area contributed by atoms with Crippen LogP contribution in [0.3, 0.4) is 0 Å². The second-order valence-electron chi connectivity index (χ2n) is 7.20. The highest BCUT2D eigenvalue weighted by Crippen LogP contribution is 2.26. The number of rotatable bonds is 8. The summed E-state index contributed by atoms with van der Waals surface area (Å²) in [5, 5.41) is 13.8. The fraction of sp³-hybridized carbons (Fsp3) is 1.00. The first-order valence-corrected chi connectivity index (χ1v) is 9.05. The Balaban J connectivity index is 1.80. The highest BCUT2D eigenvalue weighted by Gasteiger charge is 2.28. The average Bonchev–Trinajstić information content (AvgIpc) is 2.98. The largest absolute Gasteiger partial charge is 0.393 e. The fourth-order valence-corrected chi connectivity index (χ4v) is 4.09. The van der Waals surface area contributed by atoms with Gasteiger partial charge in [-0.3, -0.25) is 0 Å². The van der Waals surface area contributed by atoms with Crippen LogP contribution in [0.1, 0.15) is 51.9 Å². The second kappa shape index (κ2) is 9.09. The third-order valence-electron chi connectivity index (χ3n) is 5.30. The van der Waals surface area contributed by atoms with Gasteiger partial charge in [-0.2, -0.15) is 0 Å². The van der Waals surface area contributed by atoms with Crippen molar-refractivity contribution in [3.05, 3.63) is 0 Å². The predicted molar refractivity (Wildman–Crippen MR) is 88.3 cm³/mol. The van der Waals surface area contributed by atoms with Crippen molar-refractivity contribution in [2.45, 2.75) is 64.0 Å². The van der Waals surface area contributed by atoms with Gasteiger partial charge in [0.1, 0.15) is 0 Å². The number of aliphatic hydroxyl groups is 1. The maximum atomic E-state index is 9.95. The lowest BCUT2D eigenvalue weighted by Gasteiger charge is -2.39. The van der Waals surface area contributed by atoms with Gasteiger partial charge in [0.05, 0.1) is 6.10 Å². The van der Waals surface area contributed by atoms with Gasteiger partial charge in [-0.1, -0.05) is 19.8 Å². The first-order valence-electron chi connectivity index (χ1n) is 9.05. The van der Waals surface area contributed by atoms with Gasteiger partial charge in [0.25, 0.3) is 0 Å². The highest BCUT2D eigenvalue weighted by atomic mass is 16.3. The molecule has 1 heterocycles. The highest BCUT2D eigenvalue weighted by molar-refractivity contribution is 4.85. The molecule has 4 N–H and O–H groups in total. The van der Waals surface area contributed by atoms with E-state index in [1.807, 2.05) is 0 Å². The monoisotopic (exact) mass is 297 g/mol. The molecule has 2 aliphatic rings. The number of nitrogens with one attached hydrogen (secondary N) is 1. The summed E-state index contributed by atoms with van der Waals surface area (Å²) in [4.78, 5) is 2.49. The molecule has 4 nitrogen and oxygen atoms in total. The Hall–Kier alpha value is -0.160. The number of piperidine rings is 1. The summed E-state index contributed by atoms with van der Waals surface area (Å²) in [6.45, 7) is 7.21. The smallest absolute Gasteiger partial charge is 0.0540 e. The summed E-state index contributed by atoms with van der Waals surface area (Å²) < 4.78 is 0. The molecule has 2 fully saturated rings. The molecule has 21 heavy (non-hydrogen) atoms. The predicted octanol–water partition coefficient (Wildman–Crippen LogP) is 1.58. The summed E-state index contributed by atoms with van der Waals surface area (Å²) in [5.41, 5.74) is 5.74. The SMILES string of the molecule is CCC(O)CC1CC(NCC2CCCC2)CN(CCN)C1. The van der Waals surface area contributed by atoms with Crippen LogP contribution in [0.4, 0.5) is 0 Å². The van der Waals surface area contributed by atoms with Gasteiger partial charge in [0.15, 0.2) is 0 Å². The van der Waals surface area contributed by atoms with Gasteiger partial charge in [-0.25, -0.2) is 0 Å². The Morgan fingerprint density at radius 3 is 2.67 bits per heavy atom. The first kappa shape index (κ1) is 17.2. The molecular weight excluding hydrogens is 262 g/mol. The van der Waals surface area contributed by atoms with Crippen molar-refractivity contribution in [1.82, 2.24) is 10.2 Å². The summed E-state index contributed by atoms with van der Waals surface area (Å²) in [5.74, 6) is 1.51. The number of hydrogen-bond donors (Lipinski definition) is 3. The van der Waals surface area contributed by atoms with E-state index < -0.39 is 0 Å². The third kappa shape index (κ3) is 5.85. The minimum absolute atomic E-state index is 0.136. The number of likely N-dealkylation sites (tertiary alicyclic amines) is 1. The summed E-state index contributed by atoms with van der Waals surface area (Å²) in [6, 6.07) is 0.583. The van der Waals surface area contributed by atoms with Crippen molar-refractivity contribution in [2.75, 3.05) is 32.7 Å². The van der Waals surface area contributed by atoms with Crippen LogP contribution in [0.5, 0.6) is 0 Å². The van der Waals surface area contributed by atoms with E-state index in [4.69, 9.17) is 5.73 Å². The zero-order chi connectivity index (χ0) is 15.1. The second-order valence-corrected chi connectivity index (χ2v) is 7.20. The quantitative estimate of drug-likeness (QED) is 0.636. The zero-order valence-corrected chi connectivity index (χ0v) is 13.8. The van der Waals surface area contributed by atoms with E-state index in [1.165, 1.54) is 38.6 Å².